The molecule has 0 fully saturated rings. The fraction of sp³-hybridized carbons (Fsp3) is 0.333. The van der Waals surface area contributed by atoms with Gasteiger partial charge in [-0.2, -0.15) is 13.2 Å². The van der Waals surface area contributed by atoms with E-state index in [1.54, 1.807) is 0 Å². The van der Waals surface area contributed by atoms with Gasteiger partial charge >= 0.3 is 6.18 Å². The average molecular weight is 442 g/mol. The molecule has 5 nitrogen and oxygen atoms in total. The standard InChI is InChI=1S/C24H25F3N4O/c1-15(2)30-10-11-31(14-30)22-9-8-20-16(3)12-19(28-23(20)29-22)13-21(32)17-4-6-18(7-5-17)24(25,26)27/h4-12,15,21,32H,13-14H2,1-3H3. The molecular weight excluding hydrogens is 417 g/mol. The van der Waals surface area contributed by atoms with Crippen molar-refractivity contribution in [3.8, 4) is 0 Å². The Morgan fingerprint density at radius 2 is 1.75 bits per heavy atom. The minimum atomic E-state index is -4.40. The topological polar surface area (TPSA) is 52.5 Å². The van der Waals surface area contributed by atoms with Gasteiger partial charge in [0, 0.05) is 35.9 Å². The molecule has 1 atom stereocenters. The number of pyridine rings is 2. The molecule has 1 unspecified atom stereocenters. The van der Waals surface area contributed by atoms with Crippen LogP contribution in [0.15, 0.2) is 54.9 Å². The minimum Gasteiger partial charge on any atom is -0.388 e. The van der Waals surface area contributed by atoms with Crippen molar-refractivity contribution in [1.29, 1.82) is 0 Å². The van der Waals surface area contributed by atoms with E-state index < -0.39 is 17.8 Å². The number of benzene rings is 1. The summed E-state index contributed by atoms with van der Waals surface area (Å²) in [5.41, 5.74) is 1.86. The number of rotatable bonds is 5. The van der Waals surface area contributed by atoms with Gasteiger partial charge in [-0.3, -0.25) is 0 Å². The number of hydrogen-bond donors (Lipinski definition) is 1. The Bertz CT molecular complexity index is 1140. The molecule has 3 aromatic rings. The van der Waals surface area contributed by atoms with E-state index >= 15 is 0 Å². The van der Waals surface area contributed by atoms with Crippen LogP contribution in [0.25, 0.3) is 11.0 Å². The Morgan fingerprint density at radius 1 is 1.03 bits per heavy atom. The van der Waals surface area contributed by atoms with E-state index in [-0.39, 0.29) is 6.42 Å². The summed E-state index contributed by atoms with van der Waals surface area (Å²) < 4.78 is 38.3. The summed E-state index contributed by atoms with van der Waals surface area (Å²) in [5.74, 6) is 0.782. The second kappa shape index (κ2) is 8.43. The van der Waals surface area contributed by atoms with Gasteiger partial charge in [0.25, 0.3) is 0 Å². The number of halogens is 3. The van der Waals surface area contributed by atoms with Crippen LogP contribution in [0.3, 0.4) is 0 Å². The molecule has 0 spiro atoms. The SMILES string of the molecule is Cc1cc(CC(O)c2ccc(C(F)(F)F)cc2)nc2nc(N3C=CN(C(C)C)C3)ccc12. The molecule has 1 aliphatic rings. The van der Waals surface area contributed by atoms with Crippen LogP contribution in [0.2, 0.25) is 0 Å². The van der Waals surface area contributed by atoms with Gasteiger partial charge in [0.05, 0.1) is 18.3 Å². The Morgan fingerprint density at radius 3 is 2.38 bits per heavy atom. The zero-order valence-electron chi connectivity index (χ0n) is 18.1. The van der Waals surface area contributed by atoms with Gasteiger partial charge in [-0.25, -0.2) is 9.97 Å². The van der Waals surface area contributed by atoms with Crippen molar-refractivity contribution in [2.24, 2.45) is 0 Å². The molecule has 0 aliphatic carbocycles. The van der Waals surface area contributed by atoms with Gasteiger partial charge in [-0.05, 0) is 62.2 Å². The highest BCUT2D eigenvalue weighted by molar-refractivity contribution is 5.80. The summed E-state index contributed by atoms with van der Waals surface area (Å²) in [6, 6.07) is 10.8. The van der Waals surface area contributed by atoms with E-state index in [1.807, 2.05) is 42.4 Å². The molecule has 32 heavy (non-hydrogen) atoms. The van der Waals surface area contributed by atoms with E-state index in [0.717, 1.165) is 28.9 Å². The van der Waals surface area contributed by atoms with Crippen molar-refractivity contribution >= 4 is 16.9 Å². The number of nitrogens with zero attached hydrogens (tertiary/aromatic N) is 4. The lowest BCUT2D eigenvalue weighted by Gasteiger charge is -2.24. The second-order valence-corrected chi connectivity index (χ2v) is 8.33. The van der Waals surface area contributed by atoms with E-state index in [9.17, 15) is 18.3 Å². The summed E-state index contributed by atoms with van der Waals surface area (Å²) in [6.07, 6.45) is -1.17. The minimum absolute atomic E-state index is 0.179. The van der Waals surface area contributed by atoms with Crippen LogP contribution < -0.4 is 4.90 Å². The number of aliphatic hydroxyl groups is 1. The highest BCUT2D eigenvalue weighted by Gasteiger charge is 2.30. The van der Waals surface area contributed by atoms with Crippen LogP contribution in [-0.4, -0.2) is 32.7 Å². The zero-order valence-corrected chi connectivity index (χ0v) is 18.1. The number of aliphatic hydroxyl groups excluding tert-OH is 1. The third kappa shape index (κ3) is 4.55. The van der Waals surface area contributed by atoms with E-state index in [4.69, 9.17) is 4.98 Å². The van der Waals surface area contributed by atoms with Crippen molar-refractivity contribution in [2.45, 2.75) is 45.5 Å². The molecule has 0 radical (unpaired) electrons. The van der Waals surface area contributed by atoms with Crippen LogP contribution in [0, 0.1) is 6.92 Å². The molecule has 1 aliphatic heterocycles. The van der Waals surface area contributed by atoms with Gasteiger partial charge in [-0.1, -0.05) is 12.1 Å². The largest absolute Gasteiger partial charge is 0.416 e. The van der Waals surface area contributed by atoms with Gasteiger partial charge in [-0.15, -0.1) is 0 Å². The first-order chi connectivity index (χ1) is 15.1. The fourth-order valence-corrected chi connectivity index (χ4v) is 3.72. The molecule has 1 N–H and O–H groups in total. The summed E-state index contributed by atoms with van der Waals surface area (Å²) in [6.45, 7) is 6.92. The van der Waals surface area contributed by atoms with Gasteiger partial charge in [0.2, 0.25) is 0 Å². The third-order valence-corrected chi connectivity index (χ3v) is 5.65. The van der Waals surface area contributed by atoms with Crippen molar-refractivity contribution in [1.82, 2.24) is 14.9 Å². The lowest BCUT2D eigenvalue weighted by molar-refractivity contribution is -0.137. The van der Waals surface area contributed by atoms with E-state index in [0.29, 0.717) is 29.6 Å². The van der Waals surface area contributed by atoms with Gasteiger partial charge < -0.3 is 14.9 Å². The molecule has 0 saturated carbocycles. The smallest absolute Gasteiger partial charge is 0.388 e. The average Bonchev–Trinajstić information content (AvgIpc) is 3.23. The normalized spacial score (nSPS) is 15.2. The summed E-state index contributed by atoms with van der Waals surface area (Å²) in [4.78, 5) is 13.6. The Kier molecular flexibility index (Phi) is 5.81. The number of aryl methyl sites for hydroxylation is 1. The van der Waals surface area contributed by atoms with Crippen LogP contribution in [0.1, 0.15) is 42.3 Å². The van der Waals surface area contributed by atoms with Crippen LogP contribution >= 0.6 is 0 Å². The number of fused-ring (bicyclic) bond motifs is 1. The lowest BCUT2D eigenvalue weighted by atomic mass is 10.0. The number of hydrogen-bond acceptors (Lipinski definition) is 5. The molecule has 168 valence electrons. The quantitative estimate of drug-likeness (QED) is 0.589. The van der Waals surface area contributed by atoms with Gasteiger partial charge in [0.1, 0.15) is 5.82 Å². The molecule has 1 aromatic carbocycles. The highest BCUT2D eigenvalue weighted by Crippen LogP contribution is 2.31. The molecule has 0 saturated heterocycles. The van der Waals surface area contributed by atoms with Crippen molar-refractivity contribution in [2.75, 3.05) is 11.6 Å². The van der Waals surface area contributed by atoms with Crippen LogP contribution in [0.4, 0.5) is 19.0 Å². The first-order valence-electron chi connectivity index (χ1n) is 10.4. The maximum absolute atomic E-state index is 12.8. The van der Waals surface area contributed by atoms with E-state index in [2.05, 4.69) is 23.7 Å². The lowest BCUT2D eigenvalue weighted by Crippen LogP contribution is -2.30. The zero-order chi connectivity index (χ0) is 23.0. The fourth-order valence-electron chi connectivity index (χ4n) is 3.72. The molecule has 8 heteroatoms. The Hall–Kier alpha value is -3.13. The number of alkyl halides is 3. The van der Waals surface area contributed by atoms with Crippen molar-refractivity contribution < 1.29 is 18.3 Å². The predicted molar refractivity (Wildman–Crippen MR) is 118 cm³/mol. The Balaban J connectivity index is 1.56. The highest BCUT2D eigenvalue weighted by atomic mass is 19.4. The third-order valence-electron chi connectivity index (χ3n) is 5.65. The number of anilines is 1. The maximum Gasteiger partial charge on any atom is 0.416 e. The second-order valence-electron chi connectivity index (χ2n) is 8.33. The first kappa shape index (κ1) is 22.1. The van der Waals surface area contributed by atoms with Crippen molar-refractivity contribution in [3.63, 3.8) is 0 Å². The van der Waals surface area contributed by atoms with Crippen molar-refractivity contribution in [3.05, 3.63) is 77.2 Å². The molecule has 0 bridgehead atoms. The molecule has 0 amide bonds. The summed E-state index contributed by atoms with van der Waals surface area (Å²) in [7, 11) is 0. The van der Waals surface area contributed by atoms with Crippen LogP contribution in [-0.2, 0) is 12.6 Å². The number of aromatic nitrogens is 2. The maximum atomic E-state index is 12.8. The van der Waals surface area contributed by atoms with E-state index in [1.165, 1.54) is 12.1 Å². The summed E-state index contributed by atoms with van der Waals surface area (Å²) >= 11 is 0. The monoisotopic (exact) mass is 442 g/mol. The molecule has 3 heterocycles. The predicted octanol–water partition coefficient (Wildman–Crippen LogP) is 5.19. The first-order valence-corrected chi connectivity index (χ1v) is 10.4. The van der Waals surface area contributed by atoms with Crippen LogP contribution in [0.5, 0.6) is 0 Å². The summed E-state index contributed by atoms with van der Waals surface area (Å²) in [5, 5.41) is 11.5. The Labute approximate surface area is 184 Å². The van der Waals surface area contributed by atoms with Gasteiger partial charge in [0.15, 0.2) is 5.65 Å². The molecule has 2 aromatic heterocycles. The molecule has 4 rings (SSSR count). The molecular formula is C24H25F3N4O.